The minimum atomic E-state index is -0.729. The number of benzene rings is 1. The maximum absolute atomic E-state index is 11.2. The molecular weight excluding hydrogens is 684 g/mol. The second-order valence-corrected chi connectivity index (χ2v) is 13.2. The summed E-state index contributed by atoms with van der Waals surface area (Å²) in [5, 5.41) is 10.2. The van der Waals surface area contributed by atoms with Gasteiger partial charge in [-0.2, -0.15) is 0 Å². The van der Waals surface area contributed by atoms with Crippen molar-refractivity contribution in [2.75, 3.05) is 24.5 Å². The first-order valence-corrected chi connectivity index (χ1v) is 16.3. The molecule has 1 aliphatic carbocycles. The van der Waals surface area contributed by atoms with Crippen LogP contribution in [0.3, 0.4) is 0 Å². The summed E-state index contributed by atoms with van der Waals surface area (Å²) in [5.41, 5.74) is 3.70. The Morgan fingerprint density at radius 2 is 1.62 bits per heavy atom. The quantitative estimate of drug-likeness (QED) is 0.186. The van der Waals surface area contributed by atoms with Crippen molar-refractivity contribution in [2.24, 2.45) is 5.92 Å². The zero-order valence-electron chi connectivity index (χ0n) is 25.7. The fourth-order valence-electron chi connectivity index (χ4n) is 6.52. The third kappa shape index (κ3) is 8.29. The van der Waals surface area contributed by atoms with E-state index in [0.717, 1.165) is 56.7 Å². The maximum Gasteiger partial charge on any atom is 0.303 e. The van der Waals surface area contributed by atoms with Crippen LogP contribution in [0.2, 0.25) is 10.0 Å². The number of likely N-dealkylation sites (tertiary alicyclic amines) is 1. The Bertz CT molecular complexity index is 1670. The molecule has 4 aromatic rings. The topological polar surface area (TPSA) is 109 Å². The number of carboxylic acids is 1. The van der Waals surface area contributed by atoms with Gasteiger partial charge in [-0.3, -0.25) is 9.69 Å². The fraction of sp³-hybridized carbons (Fsp3) is 0.424. The van der Waals surface area contributed by atoms with Crippen molar-refractivity contribution >= 4 is 59.9 Å². The van der Waals surface area contributed by atoms with Crippen LogP contribution in [0, 0.1) is 5.92 Å². The Hall–Kier alpha value is -3.15. The molecule has 0 unspecified atom stereocenters. The van der Waals surface area contributed by atoms with E-state index in [1.54, 1.807) is 18.5 Å². The number of carboxylic acid groups (broad SMARTS) is 1. The number of anilines is 1. The Balaban J connectivity index is 0.00000217. The third-order valence-electron chi connectivity index (χ3n) is 9.10. The van der Waals surface area contributed by atoms with E-state index in [2.05, 4.69) is 24.3 Å². The molecule has 1 N–H and O–H groups in total. The molecule has 1 saturated heterocycles. The molecule has 0 spiro atoms. The number of carbonyl (C=O) groups is 1. The number of halogens is 4. The summed E-state index contributed by atoms with van der Waals surface area (Å²) >= 11 is 12.7. The molecule has 1 saturated carbocycles. The van der Waals surface area contributed by atoms with Crippen molar-refractivity contribution in [1.82, 2.24) is 29.4 Å². The van der Waals surface area contributed by atoms with Gasteiger partial charge >= 0.3 is 5.97 Å². The van der Waals surface area contributed by atoms with Crippen molar-refractivity contribution in [3.05, 3.63) is 76.0 Å². The van der Waals surface area contributed by atoms with Crippen molar-refractivity contribution < 1.29 is 14.6 Å². The molecule has 0 bridgehead atoms. The first kappa shape index (κ1) is 35.2. The van der Waals surface area contributed by atoms with Gasteiger partial charge in [0.25, 0.3) is 0 Å². The first-order chi connectivity index (χ1) is 21.9. The number of imidazole rings is 1. The first-order valence-electron chi connectivity index (χ1n) is 15.6. The number of pyridine rings is 1. The number of aromatic nitrogens is 5. The van der Waals surface area contributed by atoms with Gasteiger partial charge in [-0.1, -0.05) is 29.6 Å². The minimum absolute atomic E-state index is 0. The highest BCUT2D eigenvalue weighted by Crippen LogP contribution is 2.37. The molecule has 1 aromatic carbocycles. The van der Waals surface area contributed by atoms with Crippen LogP contribution in [0.4, 0.5) is 5.95 Å². The molecule has 5 heterocycles. The third-order valence-corrected chi connectivity index (χ3v) is 9.54. The summed E-state index contributed by atoms with van der Waals surface area (Å²) in [7, 11) is 0. The van der Waals surface area contributed by atoms with Crippen LogP contribution in [-0.4, -0.2) is 60.1 Å². The number of fused-ring (bicyclic) bond motifs is 1. The van der Waals surface area contributed by atoms with Crippen molar-refractivity contribution in [3.63, 3.8) is 0 Å². The number of rotatable bonds is 9. The molecule has 7 rings (SSSR count). The van der Waals surface area contributed by atoms with Gasteiger partial charge in [0.05, 0.1) is 36.5 Å². The average molecular weight is 722 g/mol. The van der Waals surface area contributed by atoms with Crippen molar-refractivity contribution in [3.8, 4) is 22.9 Å². The van der Waals surface area contributed by atoms with Gasteiger partial charge in [-0.15, -0.1) is 24.8 Å². The number of piperidine rings is 1. The van der Waals surface area contributed by atoms with Gasteiger partial charge in [0.2, 0.25) is 11.8 Å². The van der Waals surface area contributed by atoms with Crippen LogP contribution in [0.1, 0.15) is 61.5 Å². The van der Waals surface area contributed by atoms with Gasteiger partial charge < -0.3 is 19.3 Å². The standard InChI is InChI=1S/C33H35Cl2N7O3.2ClH/c34-25-13-24(14-26(35)15-25)29-10-22(19-40-6-4-21(5-7-40)12-31(43)44)11-30(39-29)45-28-17-37-33(38-18-28)41-8-9-42-27(20-41)16-36-32(42)23-2-1-3-23;;/h10-11,13-18,21,23H,1-9,12,19-20H2,(H,43,44);2*1H. The summed E-state index contributed by atoms with van der Waals surface area (Å²) in [4.78, 5) is 34.5. The lowest BCUT2D eigenvalue weighted by molar-refractivity contribution is -0.138. The number of hydrogen-bond donors (Lipinski definition) is 1. The molecular formula is C33H37Cl4N7O3. The van der Waals surface area contributed by atoms with Crippen LogP contribution in [0.15, 0.2) is 48.9 Å². The molecule has 14 heteroatoms. The highest BCUT2D eigenvalue weighted by atomic mass is 35.5. The van der Waals surface area contributed by atoms with E-state index >= 15 is 0 Å². The van der Waals surface area contributed by atoms with Gasteiger partial charge in [0.15, 0.2) is 5.75 Å². The summed E-state index contributed by atoms with van der Waals surface area (Å²) in [6, 6.07) is 9.31. The highest BCUT2D eigenvalue weighted by Gasteiger charge is 2.28. The van der Waals surface area contributed by atoms with Crippen molar-refractivity contribution in [2.45, 2.75) is 64.1 Å². The highest BCUT2D eigenvalue weighted by molar-refractivity contribution is 6.35. The lowest BCUT2D eigenvalue weighted by Gasteiger charge is -2.31. The molecule has 47 heavy (non-hydrogen) atoms. The SMILES string of the molecule is Cl.Cl.O=C(O)CC1CCN(Cc2cc(Oc3cnc(N4CCn5c(cnc5C5CCC5)C4)nc3)nc(-c3cc(Cl)cc(Cl)c3)c2)CC1. The average Bonchev–Trinajstić information content (AvgIpc) is 3.39. The molecule has 250 valence electrons. The number of hydrogen-bond acceptors (Lipinski definition) is 8. The zero-order chi connectivity index (χ0) is 30.9. The van der Waals surface area contributed by atoms with E-state index in [1.807, 2.05) is 30.5 Å². The van der Waals surface area contributed by atoms with E-state index in [-0.39, 0.29) is 37.2 Å². The van der Waals surface area contributed by atoms with Crippen LogP contribution < -0.4 is 9.64 Å². The van der Waals surface area contributed by atoms with E-state index in [0.29, 0.717) is 45.8 Å². The van der Waals surface area contributed by atoms with E-state index in [1.165, 1.54) is 30.8 Å². The van der Waals surface area contributed by atoms with Gasteiger partial charge in [-0.05, 0) is 74.5 Å². The Morgan fingerprint density at radius 1 is 0.894 bits per heavy atom. The smallest absolute Gasteiger partial charge is 0.303 e. The van der Waals surface area contributed by atoms with Crippen LogP contribution in [-0.2, 0) is 24.4 Å². The monoisotopic (exact) mass is 719 g/mol. The Labute approximate surface area is 296 Å². The lowest BCUT2D eigenvalue weighted by atomic mass is 9.85. The summed E-state index contributed by atoms with van der Waals surface area (Å²) < 4.78 is 8.59. The van der Waals surface area contributed by atoms with Crippen molar-refractivity contribution in [1.29, 1.82) is 0 Å². The van der Waals surface area contributed by atoms with E-state index in [4.69, 9.17) is 37.9 Å². The molecule has 2 fully saturated rings. The molecule has 3 aromatic heterocycles. The minimum Gasteiger partial charge on any atom is -0.481 e. The summed E-state index contributed by atoms with van der Waals surface area (Å²) in [6.07, 6.45) is 11.1. The Morgan fingerprint density at radius 3 is 2.28 bits per heavy atom. The molecule has 0 atom stereocenters. The van der Waals surface area contributed by atoms with Crippen LogP contribution >= 0.6 is 48.0 Å². The number of nitrogens with zero attached hydrogens (tertiary/aromatic N) is 7. The molecule has 3 aliphatic rings. The lowest BCUT2D eigenvalue weighted by Crippen LogP contribution is -2.35. The number of ether oxygens (including phenoxy) is 1. The normalized spacial score (nSPS) is 16.9. The zero-order valence-corrected chi connectivity index (χ0v) is 28.9. The van der Waals surface area contributed by atoms with E-state index in [9.17, 15) is 9.90 Å². The van der Waals surface area contributed by atoms with Crippen LogP contribution in [0.5, 0.6) is 11.6 Å². The predicted molar refractivity (Wildman–Crippen MR) is 186 cm³/mol. The van der Waals surface area contributed by atoms with E-state index < -0.39 is 5.97 Å². The summed E-state index contributed by atoms with van der Waals surface area (Å²) in [5.74, 6) is 2.90. The molecule has 0 radical (unpaired) electrons. The Kier molecular flexibility index (Phi) is 11.5. The second-order valence-electron chi connectivity index (χ2n) is 12.3. The van der Waals surface area contributed by atoms with Crippen LogP contribution in [0.25, 0.3) is 11.3 Å². The largest absolute Gasteiger partial charge is 0.481 e. The van der Waals surface area contributed by atoms with Gasteiger partial charge in [-0.25, -0.2) is 19.9 Å². The molecule has 10 nitrogen and oxygen atoms in total. The number of aliphatic carboxylic acids is 1. The maximum atomic E-state index is 11.2. The second kappa shape index (κ2) is 15.4. The van der Waals surface area contributed by atoms with Gasteiger partial charge in [0.1, 0.15) is 5.82 Å². The summed E-state index contributed by atoms with van der Waals surface area (Å²) in [6.45, 7) is 4.79. The van der Waals surface area contributed by atoms with Gasteiger partial charge in [0, 0.05) is 53.6 Å². The molecule has 0 amide bonds. The molecule has 2 aliphatic heterocycles. The fourth-order valence-corrected chi connectivity index (χ4v) is 7.05. The predicted octanol–water partition coefficient (Wildman–Crippen LogP) is 7.65.